The first kappa shape index (κ1) is 21.4. The van der Waals surface area contributed by atoms with E-state index in [1.807, 2.05) is 0 Å². The number of benzene rings is 2. The largest absolute Gasteiger partial charge is 0.504 e. The number of aromatic hydroxyl groups is 1. The summed E-state index contributed by atoms with van der Waals surface area (Å²) in [5.41, 5.74) is -1.51. The Labute approximate surface area is 172 Å². The molecule has 0 amide bonds. The number of fused-ring (bicyclic) bond motifs is 1. The summed E-state index contributed by atoms with van der Waals surface area (Å²) in [6.45, 7) is 1.50. The summed E-state index contributed by atoms with van der Waals surface area (Å²) in [6.07, 6.45) is -4.76. The predicted molar refractivity (Wildman–Crippen MR) is 103 cm³/mol. The van der Waals surface area contributed by atoms with Crippen molar-refractivity contribution in [2.75, 3.05) is 12.4 Å². The number of nitro groups is 1. The summed E-state index contributed by atoms with van der Waals surface area (Å²) in [6, 6.07) is 4.23. The molecule has 30 heavy (non-hydrogen) atoms. The van der Waals surface area contributed by atoms with Gasteiger partial charge in [-0.3, -0.25) is 10.1 Å². The van der Waals surface area contributed by atoms with Crippen molar-refractivity contribution in [2.24, 2.45) is 0 Å². The Morgan fingerprint density at radius 3 is 2.53 bits per heavy atom. The van der Waals surface area contributed by atoms with Gasteiger partial charge in [0.25, 0.3) is 5.69 Å². The summed E-state index contributed by atoms with van der Waals surface area (Å²) < 4.78 is 44.5. The first-order valence-corrected chi connectivity index (χ1v) is 8.74. The minimum Gasteiger partial charge on any atom is -0.504 e. The van der Waals surface area contributed by atoms with E-state index >= 15 is 0 Å². The first-order valence-electron chi connectivity index (χ1n) is 8.37. The topological polar surface area (TPSA) is 110 Å². The van der Waals surface area contributed by atoms with Gasteiger partial charge in [0.2, 0.25) is 5.28 Å². The lowest BCUT2D eigenvalue weighted by molar-refractivity contribution is -0.385. The molecule has 0 aliphatic heterocycles. The highest BCUT2D eigenvalue weighted by Crippen LogP contribution is 2.37. The number of ether oxygens (including phenoxy) is 1. The molecule has 1 heterocycles. The molecule has 0 fully saturated rings. The van der Waals surface area contributed by atoms with Gasteiger partial charge in [0.1, 0.15) is 5.82 Å². The van der Waals surface area contributed by atoms with Gasteiger partial charge in [-0.1, -0.05) is 0 Å². The summed E-state index contributed by atoms with van der Waals surface area (Å²) >= 11 is 5.94. The SMILES string of the molecule is COc1cc2nc(Cl)nc(NC(C)c3cc([N+](=O)[O-])cc(C(F)(F)F)c3)c2cc1O. The number of rotatable bonds is 5. The molecule has 0 aliphatic rings. The molecule has 0 radical (unpaired) electrons. The highest BCUT2D eigenvalue weighted by Gasteiger charge is 2.33. The number of halogens is 4. The zero-order valence-electron chi connectivity index (χ0n) is 15.5. The standard InChI is InChI=1S/C18H14ClF3N4O4/c1-8(9-3-10(18(20,21)22)5-11(4-9)26(28)29)23-16-12-6-14(27)15(30-2)7-13(12)24-17(19)25-16/h3-8,27H,1-2H3,(H,23,24,25). The van der Waals surface area contributed by atoms with Gasteiger partial charge >= 0.3 is 6.18 Å². The minimum absolute atomic E-state index is 0.0112. The fourth-order valence-electron chi connectivity index (χ4n) is 2.83. The molecule has 0 saturated heterocycles. The molecule has 2 N–H and O–H groups in total. The Kier molecular flexibility index (Phi) is 5.57. The van der Waals surface area contributed by atoms with Crippen molar-refractivity contribution >= 4 is 34.0 Å². The van der Waals surface area contributed by atoms with Crippen LogP contribution in [-0.2, 0) is 6.18 Å². The number of nitro benzene ring substituents is 1. The maximum atomic E-state index is 13.2. The van der Waals surface area contributed by atoms with E-state index in [9.17, 15) is 28.4 Å². The zero-order chi connectivity index (χ0) is 22.2. The zero-order valence-corrected chi connectivity index (χ0v) is 16.2. The number of aromatic nitrogens is 2. The van der Waals surface area contributed by atoms with Crippen molar-refractivity contribution < 1.29 is 27.9 Å². The molecule has 0 spiro atoms. The summed E-state index contributed by atoms with van der Waals surface area (Å²) in [5.74, 6) is 0.0571. The number of hydrogen-bond acceptors (Lipinski definition) is 7. The van der Waals surface area contributed by atoms with Gasteiger partial charge in [0.05, 0.1) is 29.2 Å². The number of phenolic OH excluding ortho intramolecular Hbond substituents is 1. The third kappa shape index (κ3) is 4.30. The number of methoxy groups -OCH3 is 1. The maximum absolute atomic E-state index is 13.2. The first-order chi connectivity index (χ1) is 14.0. The molecule has 3 aromatic rings. The van der Waals surface area contributed by atoms with Crippen LogP contribution in [0.3, 0.4) is 0 Å². The highest BCUT2D eigenvalue weighted by atomic mass is 35.5. The van der Waals surface area contributed by atoms with E-state index in [2.05, 4.69) is 15.3 Å². The summed E-state index contributed by atoms with van der Waals surface area (Å²) in [7, 11) is 1.35. The molecule has 1 atom stereocenters. The van der Waals surface area contributed by atoms with Gasteiger partial charge < -0.3 is 15.2 Å². The molecule has 0 aliphatic carbocycles. The predicted octanol–water partition coefficient (Wildman–Crippen LogP) is 5.10. The monoisotopic (exact) mass is 442 g/mol. The van der Waals surface area contributed by atoms with Crippen LogP contribution in [0.5, 0.6) is 11.5 Å². The second kappa shape index (κ2) is 7.82. The van der Waals surface area contributed by atoms with Crippen molar-refractivity contribution in [3.63, 3.8) is 0 Å². The quantitative estimate of drug-likeness (QED) is 0.321. The molecular formula is C18H14ClF3N4O4. The summed E-state index contributed by atoms with van der Waals surface area (Å²) in [4.78, 5) is 18.2. The van der Waals surface area contributed by atoms with Crippen LogP contribution in [0.25, 0.3) is 10.9 Å². The lowest BCUT2D eigenvalue weighted by atomic mass is 10.0. The molecular weight excluding hydrogens is 429 g/mol. The number of anilines is 1. The van der Waals surface area contributed by atoms with Crippen molar-refractivity contribution in [3.05, 3.63) is 56.9 Å². The van der Waals surface area contributed by atoms with Crippen LogP contribution in [0.1, 0.15) is 24.1 Å². The van der Waals surface area contributed by atoms with E-state index in [1.54, 1.807) is 0 Å². The molecule has 1 aromatic heterocycles. The lowest BCUT2D eigenvalue weighted by Crippen LogP contribution is -2.12. The van der Waals surface area contributed by atoms with Crippen LogP contribution in [0, 0.1) is 10.1 Å². The van der Waals surface area contributed by atoms with Crippen molar-refractivity contribution in [2.45, 2.75) is 19.1 Å². The van der Waals surface area contributed by atoms with E-state index in [0.29, 0.717) is 17.0 Å². The van der Waals surface area contributed by atoms with Gasteiger partial charge in [0.15, 0.2) is 11.5 Å². The lowest BCUT2D eigenvalue weighted by Gasteiger charge is -2.18. The van der Waals surface area contributed by atoms with E-state index in [4.69, 9.17) is 16.3 Å². The second-order valence-corrected chi connectivity index (χ2v) is 6.65. The molecule has 0 bridgehead atoms. The van der Waals surface area contributed by atoms with Gasteiger partial charge in [-0.2, -0.15) is 13.2 Å². The van der Waals surface area contributed by atoms with Crippen LogP contribution < -0.4 is 10.1 Å². The van der Waals surface area contributed by atoms with Gasteiger partial charge in [0, 0.05) is 23.6 Å². The van der Waals surface area contributed by atoms with Crippen LogP contribution >= 0.6 is 11.6 Å². The Balaban J connectivity index is 2.07. The van der Waals surface area contributed by atoms with E-state index in [0.717, 1.165) is 12.1 Å². The Hall–Kier alpha value is -3.34. The molecule has 3 rings (SSSR count). The fourth-order valence-corrected chi connectivity index (χ4v) is 3.01. The van der Waals surface area contributed by atoms with E-state index < -0.39 is 28.4 Å². The molecule has 2 aromatic carbocycles. The number of hydrogen-bond donors (Lipinski definition) is 2. The number of alkyl halides is 3. The molecule has 1 unspecified atom stereocenters. The molecule has 0 saturated carbocycles. The van der Waals surface area contributed by atoms with Crippen LogP contribution in [-0.4, -0.2) is 27.1 Å². The van der Waals surface area contributed by atoms with Crippen LogP contribution in [0.4, 0.5) is 24.7 Å². The maximum Gasteiger partial charge on any atom is 0.416 e. The van der Waals surface area contributed by atoms with Crippen LogP contribution in [0.15, 0.2) is 30.3 Å². The normalized spacial score (nSPS) is 12.6. The smallest absolute Gasteiger partial charge is 0.416 e. The average Bonchev–Trinajstić information content (AvgIpc) is 2.66. The number of phenols is 1. The highest BCUT2D eigenvalue weighted by molar-refractivity contribution is 6.28. The average molecular weight is 443 g/mol. The van der Waals surface area contributed by atoms with Gasteiger partial charge in [-0.15, -0.1) is 0 Å². The minimum atomic E-state index is -4.76. The van der Waals surface area contributed by atoms with Crippen molar-refractivity contribution in [1.29, 1.82) is 0 Å². The van der Waals surface area contributed by atoms with Gasteiger partial charge in [-0.25, -0.2) is 9.97 Å². The van der Waals surface area contributed by atoms with Crippen LogP contribution in [0.2, 0.25) is 5.28 Å². The second-order valence-electron chi connectivity index (χ2n) is 6.32. The molecule has 158 valence electrons. The fraction of sp³-hybridized carbons (Fsp3) is 0.222. The molecule has 12 heteroatoms. The Morgan fingerprint density at radius 2 is 1.93 bits per heavy atom. The Morgan fingerprint density at radius 1 is 1.23 bits per heavy atom. The number of non-ortho nitro benzene ring substituents is 1. The van der Waals surface area contributed by atoms with Gasteiger partial charge in [-0.05, 0) is 36.2 Å². The number of nitrogens with zero attached hydrogens (tertiary/aromatic N) is 3. The van der Waals surface area contributed by atoms with E-state index in [-0.39, 0.29) is 28.2 Å². The van der Waals surface area contributed by atoms with E-state index in [1.165, 1.54) is 26.2 Å². The molecule has 8 nitrogen and oxygen atoms in total. The third-order valence-corrected chi connectivity index (χ3v) is 4.47. The third-order valence-electron chi connectivity index (χ3n) is 4.30. The summed E-state index contributed by atoms with van der Waals surface area (Å²) in [5, 5.41) is 24.2. The van der Waals surface area contributed by atoms with Crippen molar-refractivity contribution in [3.8, 4) is 11.5 Å². The van der Waals surface area contributed by atoms with Crippen molar-refractivity contribution in [1.82, 2.24) is 9.97 Å². The Bertz CT molecular complexity index is 1140. The number of nitrogens with one attached hydrogen (secondary N) is 1.